The van der Waals surface area contributed by atoms with E-state index in [1.54, 1.807) is 11.3 Å². The van der Waals surface area contributed by atoms with E-state index in [9.17, 15) is 9.18 Å². The van der Waals surface area contributed by atoms with Gasteiger partial charge in [0.2, 0.25) is 5.91 Å². The van der Waals surface area contributed by atoms with Crippen molar-refractivity contribution in [3.8, 4) is 0 Å². The van der Waals surface area contributed by atoms with Crippen LogP contribution in [0.5, 0.6) is 0 Å². The maximum atomic E-state index is 13.2. The molecule has 27 heavy (non-hydrogen) atoms. The van der Waals surface area contributed by atoms with E-state index in [0.29, 0.717) is 0 Å². The standard InChI is InChI=1S/C21H26FN3OS/c1-15(23-21(26)16-4-5-16)20(19-3-2-14-27-19)25-12-10-24(11-13-25)18-8-6-17(22)7-9-18/h2-3,6-9,14-16,20H,4-5,10-13H2,1H3,(H,23,26)/t15-,20+/m1/s1. The number of nitrogens with one attached hydrogen (secondary N) is 1. The summed E-state index contributed by atoms with van der Waals surface area (Å²) >= 11 is 1.75. The Morgan fingerprint density at radius 3 is 2.44 bits per heavy atom. The first kappa shape index (κ1) is 18.4. The van der Waals surface area contributed by atoms with Crippen LogP contribution in [0.15, 0.2) is 41.8 Å². The molecule has 0 spiro atoms. The van der Waals surface area contributed by atoms with Crippen molar-refractivity contribution in [3.63, 3.8) is 0 Å². The third kappa shape index (κ3) is 4.33. The van der Waals surface area contributed by atoms with E-state index in [1.807, 2.05) is 12.1 Å². The Bertz CT molecular complexity index is 752. The average Bonchev–Trinajstić information content (AvgIpc) is 3.40. The van der Waals surface area contributed by atoms with Gasteiger partial charge in [-0.3, -0.25) is 9.69 Å². The van der Waals surface area contributed by atoms with Crippen LogP contribution in [0.25, 0.3) is 0 Å². The van der Waals surface area contributed by atoms with Gasteiger partial charge in [0.05, 0.1) is 6.04 Å². The molecule has 0 unspecified atom stereocenters. The summed E-state index contributed by atoms with van der Waals surface area (Å²) in [5.41, 5.74) is 1.07. The zero-order valence-corrected chi connectivity index (χ0v) is 16.4. The lowest BCUT2D eigenvalue weighted by molar-refractivity contribution is -0.123. The maximum Gasteiger partial charge on any atom is 0.223 e. The molecule has 1 aliphatic carbocycles. The van der Waals surface area contributed by atoms with Crippen LogP contribution >= 0.6 is 11.3 Å². The van der Waals surface area contributed by atoms with Crippen LogP contribution in [0.1, 0.15) is 30.7 Å². The summed E-state index contributed by atoms with van der Waals surface area (Å²) in [6, 6.07) is 11.3. The number of carbonyl (C=O) groups excluding carboxylic acids is 1. The first-order valence-corrected chi connectivity index (χ1v) is 10.6. The van der Waals surface area contributed by atoms with Crippen molar-refractivity contribution in [2.45, 2.75) is 31.8 Å². The number of thiophene rings is 1. The fourth-order valence-electron chi connectivity index (χ4n) is 3.88. The predicted molar refractivity (Wildman–Crippen MR) is 108 cm³/mol. The molecule has 2 aromatic rings. The van der Waals surface area contributed by atoms with Crippen LogP contribution < -0.4 is 10.2 Å². The number of piperazine rings is 1. The molecule has 4 nitrogen and oxygen atoms in total. The Morgan fingerprint density at radius 2 is 1.85 bits per heavy atom. The minimum atomic E-state index is -0.199. The molecule has 2 heterocycles. The van der Waals surface area contributed by atoms with Gasteiger partial charge in [-0.2, -0.15) is 0 Å². The predicted octanol–water partition coefficient (Wildman–Crippen LogP) is 3.67. The minimum Gasteiger partial charge on any atom is -0.369 e. The molecular formula is C21H26FN3OS. The van der Waals surface area contributed by atoms with E-state index < -0.39 is 0 Å². The van der Waals surface area contributed by atoms with Crippen molar-refractivity contribution < 1.29 is 9.18 Å². The summed E-state index contributed by atoms with van der Waals surface area (Å²) in [5.74, 6) is 0.233. The highest BCUT2D eigenvalue weighted by Crippen LogP contribution is 2.32. The first-order chi connectivity index (χ1) is 13.1. The molecule has 4 rings (SSSR count). The molecular weight excluding hydrogens is 361 g/mol. The lowest BCUT2D eigenvalue weighted by Crippen LogP contribution is -2.52. The molecule has 2 atom stereocenters. The zero-order chi connectivity index (χ0) is 18.8. The van der Waals surface area contributed by atoms with Crippen molar-refractivity contribution in [1.29, 1.82) is 0 Å². The van der Waals surface area contributed by atoms with Gasteiger partial charge in [-0.15, -0.1) is 11.3 Å². The van der Waals surface area contributed by atoms with E-state index in [4.69, 9.17) is 0 Å². The van der Waals surface area contributed by atoms with E-state index >= 15 is 0 Å². The Kier molecular flexibility index (Phi) is 5.45. The molecule has 1 amide bonds. The van der Waals surface area contributed by atoms with Crippen LogP contribution in [-0.4, -0.2) is 43.0 Å². The number of anilines is 1. The van der Waals surface area contributed by atoms with E-state index in [1.165, 1.54) is 17.0 Å². The Balaban J connectivity index is 1.43. The Labute approximate surface area is 164 Å². The van der Waals surface area contributed by atoms with Gasteiger partial charge in [0.15, 0.2) is 0 Å². The van der Waals surface area contributed by atoms with E-state index in [2.05, 4.69) is 39.6 Å². The van der Waals surface area contributed by atoms with Crippen LogP contribution in [0.2, 0.25) is 0 Å². The molecule has 1 aromatic carbocycles. The number of carbonyl (C=O) groups is 1. The summed E-state index contributed by atoms with van der Waals surface area (Å²) in [6.45, 7) is 5.76. The molecule has 2 fully saturated rings. The lowest BCUT2D eigenvalue weighted by Gasteiger charge is -2.42. The summed E-state index contributed by atoms with van der Waals surface area (Å²) in [5, 5.41) is 5.35. The van der Waals surface area contributed by atoms with Crippen LogP contribution in [0, 0.1) is 11.7 Å². The molecule has 0 bridgehead atoms. The van der Waals surface area contributed by atoms with Crippen LogP contribution in [0.4, 0.5) is 10.1 Å². The number of hydrogen-bond donors (Lipinski definition) is 1. The Hall–Kier alpha value is -1.92. The van der Waals surface area contributed by atoms with Crippen molar-refractivity contribution >= 4 is 22.9 Å². The largest absolute Gasteiger partial charge is 0.369 e. The van der Waals surface area contributed by atoms with Gasteiger partial charge >= 0.3 is 0 Å². The number of rotatable bonds is 6. The second-order valence-corrected chi connectivity index (χ2v) is 8.51. The number of nitrogens with zero attached hydrogens (tertiary/aromatic N) is 2. The van der Waals surface area contributed by atoms with Crippen molar-refractivity contribution in [1.82, 2.24) is 10.2 Å². The van der Waals surface area contributed by atoms with Crippen LogP contribution in [0.3, 0.4) is 0 Å². The van der Waals surface area contributed by atoms with Crippen molar-refractivity contribution in [2.75, 3.05) is 31.1 Å². The van der Waals surface area contributed by atoms with Crippen molar-refractivity contribution in [3.05, 3.63) is 52.5 Å². The quantitative estimate of drug-likeness (QED) is 0.822. The number of benzene rings is 1. The van der Waals surface area contributed by atoms with Gasteiger partial charge in [-0.1, -0.05) is 6.07 Å². The van der Waals surface area contributed by atoms with Gasteiger partial charge in [0.1, 0.15) is 5.82 Å². The molecule has 1 N–H and O–H groups in total. The molecule has 1 aromatic heterocycles. The average molecular weight is 388 g/mol. The summed E-state index contributed by atoms with van der Waals surface area (Å²) in [4.78, 5) is 18.3. The maximum absolute atomic E-state index is 13.2. The molecule has 2 aliphatic rings. The monoisotopic (exact) mass is 387 g/mol. The van der Waals surface area contributed by atoms with Gasteiger partial charge in [-0.05, 0) is 55.5 Å². The molecule has 6 heteroatoms. The second-order valence-electron chi connectivity index (χ2n) is 7.53. The fourth-order valence-corrected chi connectivity index (χ4v) is 4.84. The topological polar surface area (TPSA) is 35.6 Å². The minimum absolute atomic E-state index is 0.0779. The van der Waals surface area contributed by atoms with Gasteiger partial charge in [-0.25, -0.2) is 4.39 Å². The second kappa shape index (κ2) is 7.98. The first-order valence-electron chi connectivity index (χ1n) is 9.70. The fraction of sp³-hybridized carbons (Fsp3) is 0.476. The van der Waals surface area contributed by atoms with Gasteiger partial charge in [0.25, 0.3) is 0 Å². The SMILES string of the molecule is C[C@@H](NC(=O)C1CC1)[C@@H](c1cccs1)N1CCN(c2ccc(F)cc2)CC1. The molecule has 1 saturated heterocycles. The van der Waals surface area contributed by atoms with Crippen molar-refractivity contribution in [2.24, 2.45) is 5.92 Å². The Morgan fingerprint density at radius 1 is 1.15 bits per heavy atom. The molecule has 1 aliphatic heterocycles. The number of hydrogen-bond acceptors (Lipinski definition) is 4. The highest BCUT2D eigenvalue weighted by Gasteiger charge is 2.35. The summed E-state index contributed by atoms with van der Waals surface area (Å²) < 4.78 is 13.2. The number of amides is 1. The van der Waals surface area contributed by atoms with Crippen LogP contribution in [-0.2, 0) is 4.79 Å². The zero-order valence-electron chi connectivity index (χ0n) is 15.6. The molecule has 144 valence electrons. The summed E-state index contributed by atoms with van der Waals surface area (Å²) in [7, 11) is 0. The molecule has 0 radical (unpaired) electrons. The summed E-state index contributed by atoms with van der Waals surface area (Å²) in [6.07, 6.45) is 2.05. The van der Waals surface area contributed by atoms with E-state index in [0.717, 1.165) is 44.7 Å². The highest BCUT2D eigenvalue weighted by molar-refractivity contribution is 7.10. The normalized spacial score (nSPS) is 20.3. The number of halogens is 1. The van der Waals surface area contributed by atoms with Gasteiger partial charge in [0, 0.05) is 48.7 Å². The van der Waals surface area contributed by atoms with Gasteiger partial charge < -0.3 is 10.2 Å². The third-order valence-corrected chi connectivity index (χ3v) is 6.47. The highest BCUT2D eigenvalue weighted by atomic mass is 32.1. The third-order valence-electron chi connectivity index (χ3n) is 5.53. The lowest BCUT2D eigenvalue weighted by atomic mass is 10.0. The van der Waals surface area contributed by atoms with E-state index in [-0.39, 0.29) is 29.7 Å². The molecule has 1 saturated carbocycles. The smallest absolute Gasteiger partial charge is 0.223 e.